The van der Waals surface area contributed by atoms with Crippen molar-refractivity contribution in [1.29, 1.82) is 0 Å². The van der Waals surface area contributed by atoms with E-state index >= 15 is 0 Å². The molecule has 0 bridgehead atoms. The van der Waals surface area contributed by atoms with E-state index in [-0.39, 0.29) is 54.7 Å². The molecule has 0 aromatic heterocycles. The van der Waals surface area contributed by atoms with Gasteiger partial charge in [-0.3, -0.25) is 9.59 Å². The van der Waals surface area contributed by atoms with Gasteiger partial charge in [-0.05, 0) is 62.6 Å². The lowest BCUT2D eigenvalue weighted by Gasteiger charge is -2.19. The maximum Gasteiger partial charge on any atom is 0.514 e. The lowest BCUT2D eigenvalue weighted by molar-refractivity contribution is -0.159. The van der Waals surface area contributed by atoms with Gasteiger partial charge in [-0.1, -0.05) is 47.6 Å². The van der Waals surface area contributed by atoms with Gasteiger partial charge in [-0.2, -0.15) is 0 Å². The molecule has 0 aliphatic carbocycles. The molecule has 11 heteroatoms. The molecule has 0 heterocycles. The van der Waals surface area contributed by atoms with Crippen molar-refractivity contribution in [3.05, 3.63) is 23.8 Å². The molecule has 0 spiro atoms. The fourth-order valence-corrected chi connectivity index (χ4v) is 2.93. The first-order valence-corrected chi connectivity index (χ1v) is 13.6. The number of benzene rings is 1. The molecule has 4 atom stereocenters. The van der Waals surface area contributed by atoms with E-state index in [2.05, 4.69) is 0 Å². The number of esters is 2. The summed E-state index contributed by atoms with van der Waals surface area (Å²) < 4.78 is 31.6. The van der Waals surface area contributed by atoms with Crippen LogP contribution in [-0.2, 0) is 35.0 Å². The van der Waals surface area contributed by atoms with E-state index in [4.69, 9.17) is 34.2 Å². The van der Waals surface area contributed by atoms with E-state index in [1.165, 1.54) is 12.1 Å². The molecule has 1 rings (SSSR count). The van der Waals surface area contributed by atoms with Crippen LogP contribution in [0, 0.1) is 17.8 Å². The Balaban J connectivity index is 2.94. The molecular formula is C29H45NO10. The number of rotatable bonds is 14. The predicted molar refractivity (Wildman–Crippen MR) is 147 cm³/mol. The number of hydrogen-bond donors (Lipinski definition) is 1. The van der Waals surface area contributed by atoms with Crippen LogP contribution in [0.15, 0.2) is 18.2 Å². The maximum absolute atomic E-state index is 12.5. The summed E-state index contributed by atoms with van der Waals surface area (Å²) >= 11 is 0. The molecule has 0 fully saturated rings. The normalized spacial score (nSPS) is 14.2. The molecule has 0 aliphatic rings. The summed E-state index contributed by atoms with van der Waals surface area (Å²) in [4.78, 5) is 49.0. The van der Waals surface area contributed by atoms with Crippen molar-refractivity contribution >= 4 is 24.2 Å². The second-order valence-electron chi connectivity index (χ2n) is 11.0. The summed E-state index contributed by atoms with van der Waals surface area (Å²) in [5, 5.41) is 0. The van der Waals surface area contributed by atoms with E-state index in [1.54, 1.807) is 26.8 Å². The van der Waals surface area contributed by atoms with E-state index in [0.717, 1.165) is 0 Å². The van der Waals surface area contributed by atoms with Gasteiger partial charge in [0.15, 0.2) is 11.5 Å². The highest BCUT2D eigenvalue weighted by atomic mass is 16.8. The lowest BCUT2D eigenvalue weighted by atomic mass is 10.1. The minimum atomic E-state index is -1.07. The third-order valence-corrected chi connectivity index (χ3v) is 5.96. The summed E-state index contributed by atoms with van der Waals surface area (Å²) in [7, 11) is 0. The minimum absolute atomic E-state index is 0.0171. The van der Waals surface area contributed by atoms with Crippen LogP contribution in [0.2, 0.25) is 0 Å². The van der Waals surface area contributed by atoms with Crippen molar-refractivity contribution in [2.24, 2.45) is 23.5 Å². The number of ether oxygens (including phenoxy) is 6. The van der Waals surface area contributed by atoms with E-state index < -0.39 is 42.6 Å². The quantitative estimate of drug-likeness (QED) is 0.179. The number of carbonyl (C=O) groups is 4. The van der Waals surface area contributed by atoms with Crippen molar-refractivity contribution in [2.75, 3.05) is 6.61 Å². The van der Waals surface area contributed by atoms with E-state index in [1.807, 2.05) is 41.5 Å². The van der Waals surface area contributed by atoms with Crippen LogP contribution in [0.1, 0.15) is 74.3 Å². The van der Waals surface area contributed by atoms with Crippen molar-refractivity contribution in [3.63, 3.8) is 0 Å². The molecule has 2 N–H and O–H groups in total. The van der Waals surface area contributed by atoms with Crippen molar-refractivity contribution in [2.45, 2.75) is 99.5 Å². The fraction of sp³-hybridized carbons (Fsp3) is 0.655. The van der Waals surface area contributed by atoms with Gasteiger partial charge in [0.2, 0.25) is 0 Å². The molecule has 0 aliphatic heterocycles. The van der Waals surface area contributed by atoms with Gasteiger partial charge < -0.3 is 34.2 Å². The second-order valence-corrected chi connectivity index (χ2v) is 11.0. The molecule has 1 aromatic rings. The summed E-state index contributed by atoms with van der Waals surface area (Å²) in [6.45, 7) is 16.3. The van der Waals surface area contributed by atoms with Gasteiger partial charge in [0.05, 0.1) is 0 Å². The first-order chi connectivity index (χ1) is 18.6. The summed E-state index contributed by atoms with van der Waals surface area (Å²) in [5.41, 5.74) is 6.53. The van der Waals surface area contributed by atoms with Crippen LogP contribution in [0.5, 0.6) is 11.5 Å². The van der Waals surface area contributed by atoms with Gasteiger partial charge in [-0.25, -0.2) is 9.59 Å². The summed E-state index contributed by atoms with van der Waals surface area (Å²) in [5.74, 6) is -1.00. The molecule has 0 saturated heterocycles. The van der Waals surface area contributed by atoms with Crippen molar-refractivity contribution in [3.8, 4) is 11.5 Å². The highest BCUT2D eigenvalue weighted by molar-refractivity contribution is 5.76. The number of hydrogen-bond acceptors (Lipinski definition) is 11. The zero-order valence-corrected chi connectivity index (χ0v) is 25.1. The van der Waals surface area contributed by atoms with Crippen LogP contribution in [0.3, 0.4) is 0 Å². The van der Waals surface area contributed by atoms with Crippen LogP contribution in [0.4, 0.5) is 9.59 Å². The van der Waals surface area contributed by atoms with Crippen LogP contribution in [-0.4, -0.2) is 55.2 Å². The lowest BCUT2D eigenvalue weighted by Crippen LogP contribution is -2.36. The zero-order valence-electron chi connectivity index (χ0n) is 25.1. The standard InChI is InChI=1S/C29H45NO10/c1-16(2)12-26(31)36-19(7)15-35-27(32)23(30)13-22-10-11-24(39-28(33)37-20(8)17(3)4)25(14-22)40-29(34)38-21(9)18(5)6/h10-11,14,16-21,23H,12-13,15,30H2,1-9H3/t19-,20?,21?,23-/m0/s1. The minimum Gasteiger partial charge on any atom is -0.461 e. The number of nitrogens with two attached hydrogens (primary N) is 1. The molecule has 40 heavy (non-hydrogen) atoms. The average Bonchev–Trinajstić information content (AvgIpc) is 2.83. The highest BCUT2D eigenvalue weighted by Gasteiger charge is 2.23. The Labute approximate surface area is 236 Å². The Hall–Kier alpha value is -3.34. The Morgan fingerprint density at radius 3 is 1.77 bits per heavy atom. The van der Waals surface area contributed by atoms with E-state index in [0.29, 0.717) is 5.56 Å². The SMILES string of the molecule is CC(C)CC(=O)O[C@@H](C)COC(=O)[C@@H](N)Cc1ccc(OC(=O)OC(C)C(C)C)c(OC(=O)OC(C)C(C)C)c1. The summed E-state index contributed by atoms with van der Waals surface area (Å²) in [6.07, 6.45) is -3.13. The molecule has 0 radical (unpaired) electrons. The fourth-order valence-electron chi connectivity index (χ4n) is 2.93. The second kappa shape index (κ2) is 16.7. The molecule has 1 aromatic carbocycles. The van der Waals surface area contributed by atoms with Crippen molar-refractivity contribution < 1.29 is 47.6 Å². The van der Waals surface area contributed by atoms with Crippen LogP contribution < -0.4 is 15.2 Å². The largest absolute Gasteiger partial charge is 0.514 e. The topological polar surface area (TPSA) is 150 Å². The van der Waals surface area contributed by atoms with Gasteiger partial charge in [0, 0.05) is 6.42 Å². The van der Waals surface area contributed by atoms with E-state index in [9.17, 15) is 19.2 Å². The van der Waals surface area contributed by atoms with Crippen molar-refractivity contribution in [1.82, 2.24) is 0 Å². The molecule has 2 unspecified atom stereocenters. The predicted octanol–water partition coefficient (Wildman–Crippen LogP) is 5.20. The van der Waals surface area contributed by atoms with Gasteiger partial charge >= 0.3 is 24.2 Å². The van der Waals surface area contributed by atoms with Crippen LogP contribution >= 0.6 is 0 Å². The Kier molecular flexibility index (Phi) is 14.5. The molecular weight excluding hydrogens is 522 g/mol. The molecule has 0 amide bonds. The third kappa shape index (κ3) is 13.1. The zero-order chi connectivity index (χ0) is 30.6. The molecule has 0 saturated carbocycles. The summed E-state index contributed by atoms with van der Waals surface area (Å²) in [6, 6.07) is 3.31. The Morgan fingerprint density at radius 2 is 1.27 bits per heavy atom. The van der Waals surface area contributed by atoms with Gasteiger partial charge in [-0.15, -0.1) is 0 Å². The highest BCUT2D eigenvalue weighted by Crippen LogP contribution is 2.30. The monoisotopic (exact) mass is 567 g/mol. The Morgan fingerprint density at radius 1 is 0.750 bits per heavy atom. The average molecular weight is 568 g/mol. The maximum atomic E-state index is 12.5. The first kappa shape index (κ1) is 34.7. The van der Waals surface area contributed by atoms with Crippen LogP contribution in [0.25, 0.3) is 0 Å². The first-order valence-electron chi connectivity index (χ1n) is 13.6. The third-order valence-electron chi connectivity index (χ3n) is 5.96. The smallest absolute Gasteiger partial charge is 0.461 e. The van der Waals surface area contributed by atoms with Gasteiger partial charge in [0.1, 0.15) is 31.0 Å². The Bertz CT molecular complexity index is 991. The van der Waals surface area contributed by atoms with Gasteiger partial charge in [0.25, 0.3) is 0 Å². The molecule has 11 nitrogen and oxygen atoms in total. The number of carbonyl (C=O) groups excluding carboxylic acids is 4. The molecule has 226 valence electrons.